The molecule has 0 unspecified atom stereocenters. The predicted molar refractivity (Wildman–Crippen MR) is 61.8 cm³/mol. The first kappa shape index (κ1) is 15.2. The van der Waals surface area contributed by atoms with E-state index in [1.54, 1.807) is 0 Å². The first-order valence-electron chi connectivity index (χ1n) is 5.10. The van der Waals surface area contributed by atoms with E-state index in [0.717, 1.165) is 12.8 Å². The Hall–Kier alpha value is -0.240. The number of unbranched alkanes of at least 4 members (excludes halogenated alkanes) is 6. The van der Waals surface area contributed by atoms with Gasteiger partial charge >= 0.3 is 0 Å². The fourth-order valence-electron chi connectivity index (χ4n) is 1.27. The van der Waals surface area contributed by atoms with Gasteiger partial charge < -0.3 is 5.73 Å². The number of nitrogens with one attached hydrogen (secondary N) is 1. The Labute approximate surface area is 88.2 Å². The molecule has 0 rings (SSSR count). The number of rotatable bonds is 8. The van der Waals surface area contributed by atoms with Crippen molar-refractivity contribution in [1.82, 2.24) is 0 Å². The van der Waals surface area contributed by atoms with Gasteiger partial charge in [-0.05, 0) is 6.42 Å². The summed E-state index contributed by atoms with van der Waals surface area (Å²) in [5.74, 6) is 0.337. The van der Waals surface area contributed by atoms with E-state index in [1.807, 2.05) is 0 Å². The van der Waals surface area contributed by atoms with Crippen molar-refractivity contribution in [1.29, 1.82) is 5.41 Å². The quantitative estimate of drug-likeness (QED) is 0.357. The standard InChI is InChI=1S/C10H22N2.ClH/c1-2-3-4-5-6-7-8-9-10(11)12;/h2-9H2,1H3,(H3,11,12);1H. The minimum absolute atomic E-state index is 0. The van der Waals surface area contributed by atoms with Crippen LogP contribution in [-0.4, -0.2) is 5.84 Å². The van der Waals surface area contributed by atoms with E-state index in [0.29, 0.717) is 5.84 Å². The van der Waals surface area contributed by atoms with Crippen molar-refractivity contribution in [2.75, 3.05) is 0 Å². The summed E-state index contributed by atoms with van der Waals surface area (Å²) in [7, 11) is 0. The molecule has 80 valence electrons. The second-order valence-electron chi connectivity index (χ2n) is 3.40. The van der Waals surface area contributed by atoms with Crippen LogP contribution in [0.15, 0.2) is 0 Å². The maximum absolute atomic E-state index is 7.02. The molecule has 0 bridgehead atoms. The molecular weight excluding hydrogens is 184 g/mol. The Morgan fingerprint density at radius 3 is 1.92 bits per heavy atom. The van der Waals surface area contributed by atoms with Crippen LogP contribution >= 0.6 is 12.4 Å². The molecule has 0 aromatic heterocycles. The molecule has 0 amide bonds. The number of amidine groups is 1. The molecule has 0 aliphatic rings. The van der Waals surface area contributed by atoms with Gasteiger partial charge in [0.05, 0.1) is 5.84 Å². The zero-order valence-electron chi connectivity index (χ0n) is 8.64. The van der Waals surface area contributed by atoms with Crippen LogP contribution in [0.3, 0.4) is 0 Å². The van der Waals surface area contributed by atoms with Crippen molar-refractivity contribution in [3.8, 4) is 0 Å². The average Bonchev–Trinajstić information content (AvgIpc) is 2.02. The first-order valence-corrected chi connectivity index (χ1v) is 5.10. The maximum Gasteiger partial charge on any atom is 0.0905 e. The zero-order valence-corrected chi connectivity index (χ0v) is 9.46. The highest BCUT2D eigenvalue weighted by Gasteiger charge is 1.91. The molecular formula is C10H23ClN2. The number of hydrogen-bond acceptors (Lipinski definition) is 1. The summed E-state index contributed by atoms with van der Waals surface area (Å²) in [6.07, 6.45) is 9.84. The molecule has 0 saturated carbocycles. The highest BCUT2D eigenvalue weighted by Crippen LogP contribution is 2.07. The number of nitrogens with two attached hydrogens (primary N) is 1. The van der Waals surface area contributed by atoms with Gasteiger partial charge in [-0.15, -0.1) is 12.4 Å². The van der Waals surface area contributed by atoms with Crippen LogP contribution in [0.4, 0.5) is 0 Å². The second-order valence-corrected chi connectivity index (χ2v) is 3.40. The third-order valence-electron chi connectivity index (χ3n) is 2.05. The molecule has 0 aromatic carbocycles. The molecule has 3 N–H and O–H groups in total. The van der Waals surface area contributed by atoms with Crippen LogP contribution in [0.1, 0.15) is 58.3 Å². The van der Waals surface area contributed by atoms with Crippen molar-refractivity contribution >= 4 is 18.2 Å². The van der Waals surface area contributed by atoms with Gasteiger partial charge in [0, 0.05) is 6.42 Å². The van der Waals surface area contributed by atoms with Gasteiger partial charge in [0.1, 0.15) is 0 Å². The van der Waals surface area contributed by atoms with E-state index < -0.39 is 0 Å². The van der Waals surface area contributed by atoms with E-state index in [4.69, 9.17) is 11.1 Å². The van der Waals surface area contributed by atoms with E-state index in [1.165, 1.54) is 38.5 Å². The summed E-state index contributed by atoms with van der Waals surface area (Å²) in [6, 6.07) is 0. The largest absolute Gasteiger partial charge is 0.388 e. The lowest BCUT2D eigenvalue weighted by molar-refractivity contribution is 0.594. The molecule has 0 radical (unpaired) electrons. The SMILES string of the molecule is CCCCCCCCCC(=N)N.Cl. The van der Waals surface area contributed by atoms with Crippen molar-refractivity contribution in [3.05, 3.63) is 0 Å². The van der Waals surface area contributed by atoms with Crippen molar-refractivity contribution in [3.63, 3.8) is 0 Å². The van der Waals surface area contributed by atoms with Gasteiger partial charge in [0.25, 0.3) is 0 Å². The summed E-state index contributed by atoms with van der Waals surface area (Å²) in [6.45, 7) is 2.23. The third kappa shape index (κ3) is 14.6. The Bertz CT molecular complexity index is 115. The van der Waals surface area contributed by atoms with Crippen molar-refractivity contribution in [2.24, 2.45) is 5.73 Å². The lowest BCUT2D eigenvalue weighted by Gasteiger charge is -1.99. The highest BCUT2D eigenvalue weighted by molar-refractivity contribution is 5.85. The fraction of sp³-hybridized carbons (Fsp3) is 0.900. The number of halogens is 1. The molecule has 0 aliphatic carbocycles. The van der Waals surface area contributed by atoms with E-state index in [-0.39, 0.29) is 12.4 Å². The van der Waals surface area contributed by atoms with Crippen LogP contribution in [0.25, 0.3) is 0 Å². The zero-order chi connectivity index (χ0) is 9.23. The second kappa shape index (κ2) is 11.8. The van der Waals surface area contributed by atoms with Crippen LogP contribution in [-0.2, 0) is 0 Å². The molecule has 2 nitrogen and oxygen atoms in total. The fourth-order valence-corrected chi connectivity index (χ4v) is 1.27. The molecule has 13 heavy (non-hydrogen) atoms. The van der Waals surface area contributed by atoms with Gasteiger partial charge in [0.15, 0.2) is 0 Å². The molecule has 0 spiro atoms. The van der Waals surface area contributed by atoms with Crippen LogP contribution in [0, 0.1) is 5.41 Å². The smallest absolute Gasteiger partial charge is 0.0905 e. The van der Waals surface area contributed by atoms with Crippen LogP contribution in [0.5, 0.6) is 0 Å². The molecule has 0 heterocycles. The van der Waals surface area contributed by atoms with E-state index in [9.17, 15) is 0 Å². The average molecular weight is 207 g/mol. The Kier molecular flexibility index (Phi) is 13.8. The van der Waals surface area contributed by atoms with Gasteiger partial charge in [-0.1, -0.05) is 45.4 Å². The lowest BCUT2D eigenvalue weighted by atomic mass is 10.1. The highest BCUT2D eigenvalue weighted by atomic mass is 35.5. The van der Waals surface area contributed by atoms with Gasteiger partial charge in [-0.2, -0.15) is 0 Å². The molecule has 0 atom stereocenters. The summed E-state index contributed by atoms with van der Waals surface area (Å²) < 4.78 is 0. The summed E-state index contributed by atoms with van der Waals surface area (Å²) in [5.41, 5.74) is 5.24. The molecule has 0 fully saturated rings. The molecule has 0 aliphatic heterocycles. The topological polar surface area (TPSA) is 49.9 Å². The van der Waals surface area contributed by atoms with E-state index in [2.05, 4.69) is 6.92 Å². The van der Waals surface area contributed by atoms with E-state index >= 15 is 0 Å². The Balaban J connectivity index is 0. The Morgan fingerprint density at radius 1 is 1.00 bits per heavy atom. The minimum Gasteiger partial charge on any atom is -0.388 e. The normalized spacial score (nSPS) is 9.31. The maximum atomic E-state index is 7.02. The monoisotopic (exact) mass is 206 g/mol. The molecule has 3 heteroatoms. The van der Waals surface area contributed by atoms with Crippen LogP contribution in [0.2, 0.25) is 0 Å². The van der Waals surface area contributed by atoms with Crippen molar-refractivity contribution in [2.45, 2.75) is 58.3 Å². The molecule has 0 aromatic rings. The minimum atomic E-state index is 0. The van der Waals surface area contributed by atoms with Gasteiger partial charge in [-0.25, -0.2) is 0 Å². The lowest BCUT2D eigenvalue weighted by Crippen LogP contribution is -2.08. The van der Waals surface area contributed by atoms with Gasteiger partial charge in [0.2, 0.25) is 0 Å². The summed E-state index contributed by atoms with van der Waals surface area (Å²) >= 11 is 0. The van der Waals surface area contributed by atoms with Crippen LogP contribution < -0.4 is 5.73 Å². The third-order valence-corrected chi connectivity index (χ3v) is 2.05. The molecule has 0 saturated heterocycles. The first-order chi connectivity index (χ1) is 5.77. The Morgan fingerprint density at radius 2 is 1.46 bits per heavy atom. The predicted octanol–water partition coefficient (Wildman–Crippen LogP) is 3.48. The number of hydrogen-bond donors (Lipinski definition) is 2. The van der Waals surface area contributed by atoms with Crippen molar-refractivity contribution < 1.29 is 0 Å². The summed E-state index contributed by atoms with van der Waals surface area (Å²) in [5, 5.41) is 7.02. The van der Waals surface area contributed by atoms with Gasteiger partial charge in [-0.3, -0.25) is 5.41 Å². The summed E-state index contributed by atoms with van der Waals surface area (Å²) in [4.78, 5) is 0.